The van der Waals surface area contributed by atoms with E-state index < -0.39 is 10.0 Å². The number of hydrogen-bond donors (Lipinski definition) is 3. The number of anilines is 2. The first-order valence-electron chi connectivity index (χ1n) is 5.94. The monoisotopic (exact) mass is 309 g/mol. The van der Waals surface area contributed by atoms with Crippen LogP contribution in [0, 0.1) is 6.92 Å². The molecule has 0 spiro atoms. The Balaban J connectivity index is 2.40. The first-order valence-corrected chi connectivity index (χ1v) is 7.42. The third-order valence-electron chi connectivity index (χ3n) is 2.60. The van der Waals surface area contributed by atoms with Crippen molar-refractivity contribution in [2.45, 2.75) is 11.8 Å². The minimum absolute atomic E-state index is 0.00317. The van der Waals surface area contributed by atoms with Gasteiger partial charge in [0.15, 0.2) is 0 Å². The van der Waals surface area contributed by atoms with E-state index in [-0.39, 0.29) is 22.4 Å². The number of benzene rings is 1. The Kier molecular flexibility index (Phi) is 4.24. The van der Waals surface area contributed by atoms with E-state index in [9.17, 15) is 8.42 Å². The maximum Gasteiger partial charge on any atom is 0.266 e. The fraction of sp³-hybridized carbons (Fsp3) is 0.167. The Hall–Kier alpha value is -2.39. The SMILES string of the molecule is COc1cc(C)nc(NS(=O)(=O)c2ccccc2NN)n1. The number of aryl methyl sites for hydroxylation is 1. The van der Waals surface area contributed by atoms with Crippen LogP contribution in [-0.2, 0) is 10.0 Å². The van der Waals surface area contributed by atoms with Gasteiger partial charge in [0.05, 0.1) is 12.8 Å². The number of aromatic nitrogens is 2. The highest BCUT2D eigenvalue weighted by molar-refractivity contribution is 7.92. The molecule has 21 heavy (non-hydrogen) atoms. The molecule has 0 amide bonds. The largest absolute Gasteiger partial charge is 0.481 e. The minimum Gasteiger partial charge on any atom is -0.481 e. The van der Waals surface area contributed by atoms with Crippen molar-refractivity contribution in [1.82, 2.24) is 9.97 Å². The van der Waals surface area contributed by atoms with Crippen molar-refractivity contribution in [3.63, 3.8) is 0 Å². The van der Waals surface area contributed by atoms with Crippen molar-refractivity contribution in [2.75, 3.05) is 17.3 Å². The van der Waals surface area contributed by atoms with Crippen molar-refractivity contribution >= 4 is 21.7 Å². The van der Waals surface area contributed by atoms with Gasteiger partial charge in [-0.3, -0.25) is 5.84 Å². The highest BCUT2D eigenvalue weighted by Gasteiger charge is 2.19. The number of nitrogens with zero attached hydrogens (tertiary/aromatic N) is 2. The topological polar surface area (TPSA) is 119 Å². The zero-order valence-corrected chi connectivity index (χ0v) is 12.3. The van der Waals surface area contributed by atoms with E-state index in [2.05, 4.69) is 20.1 Å². The summed E-state index contributed by atoms with van der Waals surface area (Å²) in [5.41, 5.74) is 3.18. The first kappa shape index (κ1) is 15.0. The standard InChI is InChI=1S/C12H15N5O3S/c1-8-7-11(20-2)15-12(14-8)17-21(18,19)10-6-4-3-5-9(10)16-13/h3-7,16H,13H2,1-2H3,(H,14,15,17). The van der Waals surface area contributed by atoms with E-state index in [0.717, 1.165) is 0 Å². The van der Waals surface area contributed by atoms with Gasteiger partial charge in [0.2, 0.25) is 11.8 Å². The molecule has 1 aromatic heterocycles. The van der Waals surface area contributed by atoms with Gasteiger partial charge in [0.1, 0.15) is 4.90 Å². The molecule has 1 heterocycles. The second-order valence-corrected chi connectivity index (χ2v) is 5.77. The number of nitrogen functional groups attached to an aromatic ring is 1. The van der Waals surface area contributed by atoms with Gasteiger partial charge in [-0.2, -0.15) is 4.98 Å². The Bertz CT molecular complexity index is 748. The molecule has 0 saturated carbocycles. The summed E-state index contributed by atoms with van der Waals surface area (Å²) < 4.78 is 32.0. The number of hydrazine groups is 1. The molecule has 0 radical (unpaired) electrons. The summed E-state index contributed by atoms with van der Waals surface area (Å²) >= 11 is 0. The molecule has 8 nitrogen and oxygen atoms in total. The summed E-state index contributed by atoms with van der Waals surface area (Å²) in [7, 11) is -2.43. The van der Waals surface area contributed by atoms with Gasteiger partial charge >= 0.3 is 0 Å². The van der Waals surface area contributed by atoms with E-state index in [0.29, 0.717) is 5.69 Å². The molecule has 112 valence electrons. The van der Waals surface area contributed by atoms with Crippen LogP contribution in [0.3, 0.4) is 0 Å². The van der Waals surface area contributed by atoms with Crippen LogP contribution < -0.4 is 20.7 Å². The van der Waals surface area contributed by atoms with Crippen molar-refractivity contribution in [3.8, 4) is 5.88 Å². The summed E-state index contributed by atoms with van der Waals surface area (Å²) in [5.74, 6) is 5.52. The lowest BCUT2D eigenvalue weighted by atomic mass is 10.3. The maximum absolute atomic E-state index is 12.4. The van der Waals surface area contributed by atoms with Crippen LogP contribution >= 0.6 is 0 Å². The number of rotatable bonds is 5. The molecule has 0 saturated heterocycles. The third kappa shape index (κ3) is 3.38. The summed E-state index contributed by atoms with van der Waals surface area (Å²) in [6.07, 6.45) is 0. The van der Waals surface area contributed by atoms with Crippen molar-refractivity contribution in [2.24, 2.45) is 5.84 Å². The number of nitrogens with one attached hydrogen (secondary N) is 2. The van der Waals surface area contributed by atoms with Crippen LogP contribution in [0.5, 0.6) is 5.88 Å². The lowest BCUT2D eigenvalue weighted by Crippen LogP contribution is -2.19. The maximum atomic E-state index is 12.4. The predicted octanol–water partition coefficient (Wildman–Crippen LogP) is 0.880. The third-order valence-corrected chi connectivity index (χ3v) is 3.98. The fourth-order valence-electron chi connectivity index (χ4n) is 1.69. The molecule has 0 aliphatic rings. The molecule has 0 unspecified atom stereocenters. The summed E-state index contributed by atoms with van der Waals surface area (Å²) in [6, 6.07) is 7.82. The minimum atomic E-state index is -3.87. The molecule has 1 aromatic carbocycles. The molecule has 0 bridgehead atoms. The van der Waals surface area contributed by atoms with Crippen molar-refractivity contribution in [3.05, 3.63) is 36.0 Å². The molecule has 0 fully saturated rings. The average molecular weight is 309 g/mol. The predicted molar refractivity (Wildman–Crippen MR) is 78.4 cm³/mol. The molecular formula is C12H15N5O3S. The average Bonchev–Trinajstić information content (AvgIpc) is 2.46. The first-order chi connectivity index (χ1) is 9.96. The van der Waals surface area contributed by atoms with Crippen LogP contribution in [-0.4, -0.2) is 25.5 Å². The Morgan fingerprint density at radius 3 is 2.62 bits per heavy atom. The lowest BCUT2D eigenvalue weighted by Gasteiger charge is -2.11. The molecule has 0 aliphatic heterocycles. The summed E-state index contributed by atoms with van der Waals surface area (Å²) in [5, 5.41) is 0. The molecule has 4 N–H and O–H groups in total. The molecular weight excluding hydrogens is 294 g/mol. The number of ether oxygens (including phenoxy) is 1. The van der Waals surface area contributed by atoms with Gasteiger partial charge in [-0.1, -0.05) is 12.1 Å². The Morgan fingerprint density at radius 2 is 1.95 bits per heavy atom. The van der Waals surface area contributed by atoms with E-state index in [1.807, 2.05) is 0 Å². The van der Waals surface area contributed by atoms with Gasteiger partial charge in [0, 0.05) is 11.8 Å². The quantitative estimate of drug-likeness (QED) is 0.554. The zero-order valence-electron chi connectivity index (χ0n) is 11.5. The van der Waals surface area contributed by atoms with Gasteiger partial charge in [-0.05, 0) is 19.1 Å². The van der Waals surface area contributed by atoms with Crippen LogP contribution in [0.25, 0.3) is 0 Å². The van der Waals surface area contributed by atoms with E-state index in [4.69, 9.17) is 10.6 Å². The summed E-state index contributed by atoms with van der Waals surface area (Å²) in [4.78, 5) is 7.95. The summed E-state index contributed by atoms with van der Waals surface area (Å²) in [6.45, 7) is 1.71. The van der Waals surface area contributed by atoms with Gasteiger partial charge in [-0.15, -0.1) is 0 Å². The van der Waals surface area contributed by atoms with Crippen LogP contribution in [0.2, 0.25) is 0 Å². The fourth-order valence-corrected chi connectivity index (χ4v) is 2.80. The second kappa shape index (κ2) is 5.94. The van der Waals surface area contributed by atoms with E-state index in [1.165, 1.54) is 13.2 Å². The van der Waals surface area contributed by atoms with E-state index in [1.54, 1.807) is 31.2 Å². The van der Waals surface area contributed by atoms with Crippen LogP contribution in [0.15, 0.2) is 35.2 Å². The molecule has 0 aliphatic carbocycles. The van der Waals surface area contributed by atoms with Crippen molar-refractivity contribution < 1.29 is 13.2 Å². The molecule has 2 rings (SSSR count). The Labute approximate surface area is 122 Å². The highest BCUT2D eigenvalue weighted by atomic mass is 32.2. The smallest absolute Gasteiger partial charge is 0.266 e. The lowest BCUT2D eigenvalue weighted by molar-refractivity contribution is 0.397. The molecule has 2 aromatic rings. The van der Waals surface area contributed by atoms with Gasteiger partial charge < -0.3 is 10.2 Å². The van der Waals surface area contributed by atoms with Gasteiger partial charge in [0.25, 0.3) is 10.0 Å². The normalized spacial score (nSPS) is 11.0. The van der Waals surface area contributed by atoms with Gasteiger partial charge in [-0.25, -0.2) is 18.1 Å². The number of hydrogen-bond acceptors (Lipinski definition) is 7. The van der Waals surface area contributed by atoms with Crippen LogP contribution in [0.1, 0.15) is 5.69 Å². The van der Waals surface area contributed by atoms with Crippen LogP contribution in [0.4, 0.5) is 11.6 Å². The second-order valence-electron chi connectivity index (χ2n) is 4.12. The highest BCUT2D eigenvalue weighted by Crippen LogP contribution is 2.22. The molecule has 9 heteroatoms. The molecule has 0 atom stereocenters. The van der Waals surface area contributed by atoms with Crippen molar-refractivity contribution in [1.29, 1.82) is 0 Å². The zero-order chi connectivity index (χ0) is 15.5. The number of nitrogens with two attached hydrogens (primary N) is 1. The number of methoxy groups -OCH3 is 1. The Morgan fingerprint density at radius 1 is 1.24 bits per heavy atom. The number of para-hydroxylation sites is 1. The van der Waals surface area contributed by atoms with E-state index >= 15 is 0 Å². The number of sulfonamides is 1.